The fraction of sp³-hybridized carbons (Fsp3) is 0.429. The quantitative estimate of drug-likeness (QED) is 0.673. The van der Waals surface area contributed by atoms with Crippen LogP contribution in [0.15, 0.2) is 48.5 Å². The zero-order chi connectivity index (χ0) is 16.8. The standard InChI is InChI=1S/C17H17NO.2C2H6/c1-18-10-12-6-2-3-7-13(12)17-14-8-4-5-9-16(14)19-11-15(17)18;2*1-2/h2-9,15,17H,10-11H2,1H3;2*1-2H3/t15-,17-;;/m0../s1. The summed E-state index contributed by atoms with van der Waals surface area (Å²) in [5, 5.41) is 0. The second-order valence-corrected chi connectivity index (χ2v) is 5.51. The maximum atomic E-state index is 5.94. The van der Waals surface area contributed by atoms with Crippen LogP contribution in [0, 0.1) is 0 Å². The number of fused-ring (bicyclic) bond motifs is 5. The van der Waals surface area contributed by atoms with Gasteiger partial charge in [0.2, 0.25) is 0 Å². The van der Waals surface area contributed by atoms with E-state index >= 15 is 0 Å². The third-order valence-electron chi connectivity index (χ3n) is 4.42. The van der Waals surface area contributed by atoms with Crippen molar-refractivity contribution in [1.29, 1.82) is 0 Å². The smallest absolute Gasteiger partial charge is 0.123 e. The van der Waals surface area contributed by atoms with Crippen LogP contribution in [0.25, 0.3) is 0 Å². The number of nitrogens with zero attached hydrogens (tertiary/aromatic N) is 1. The molecule has 2 atom stereocenters. The van der Waals surface area contributed by atoms with E-state index in [2.05, 4.69) is 60.5 Å². The molecule has 2 aliphatic heterocycles. The maximum absolute atomic E-state index is 5.94. The van der Waals surface area contributed by atoms with Crippen LogP contribution >= 0.6 is 0 Å². The SMILES string of the molecule is CC.CC.CN1Cc2ccccc2[C@H]2c3ccccc3OC[C@@H]21. The van der Waals surface area contributed by atoms with Crippen molar-refractivity contribution in [3.63, 3.8) is 0 Å². The lowest BCUT2D eigenvalue weighted by Gasteiger charge is -2.43. The first-order valence-corrected chi connectivity index (χ1v) is 8.84. The molecule has 0 radical (unpaired) electrons. The summed E-state index contributed by atoms with van der Waals surface area (Å²) in [5.41, 5.74) is 4.25. The normalized spacial score (nSPS) is 21.1. The zero-order valence-electron chi connectivity index (χ0n) is 15.0. The molecule has 0 aliphatic carbocycles. The first-order valence-electron chi connectivity index (χ1n) is 8.84. The summed E-state index contributed by atoms with van der Waals surface area (Å²) < 4.78 is 5.94. The van der Waals surface area contributed by atoms with Crippen LogP contribution in [0.1, 0.15) is 50.3 Å². The highest BCUT2D eigenvalue weighted by Crippen LogP contribution is 2.43. The van der Waals surface area contributed by atoms with E-state index in [1.807, 2.05) is 27.7 Å². The van der Waals surface area contributed by atoms with E-state index in [0.717, 1.165) is 18.9 Å². The molecule has 2 nitrogen and oxygen atoms in total. The molecule has 0 bridgehead atoms. The van der Waals surface area contributed by atoms with Crippen molar-refractivity contribution >= 4 is 0 Å². The van der Waals surface area contributed by atoms with Gasteiger partial charge in [-0.2, -0.15) is 0 Å². The maximum Gasteiger partial charge on any atom is 0.123 e. The van der Waals surface area contributed by atoms with Gasteiger partial charge in [0, 0.05) is 18.0 Å². The van der Waals surface area contributed by atoms with E-state index in [-0.39, 0.29) is 0 Å². The number of ether oxygens (including phenoxy) is 1. The molecule has 4 rings (SSSR count). The topological polar surface area (TPSA) is 12.5 Å². The summed E-state index contributed by atoms with van der Waals surface area (Å²) >= 11 is 0. The highest BCUT2D eigenvalue weighted by Gasteiger charge is 2.38. The van der Waals surface area contributed by atoms with E-state index in [1.165, 1.54) is 16.7 Å². The van der Waals surface area contributed by atoms with Crippen molar-refractivity contribution < 1.29 is 4.74 Å². The Hall–Kier alpha value is -1.80. The molecule has 2 heteroatoms. The third kappa shape index (κ3) is 3.28. The fourth-order valence-corrected chi connectivity index (χ4v) is 3.47. The molecule has 0 unspecified atom stereocenters. The molecule has 23 heavy (non-hydrogen) atoms. The molecule has 0 aromatic heterocycles. The molecule has 2 aromatic rings. The molecule has 0 amide bonds. The number of benzene rings is 2. The van der Waals surface area contributed by atoms with Crippen LogP contribution in [0.3, 0.4) is 0 Å². The summed E-state index contributed by atoms with van der Waals surface area (Å²) in [5.74, 6) is 1.49. The van der Waals surface area contributed by atoms with Crippen molar-refractivity contribution in [1.82, 2.24) is 4.90 Å². The van der Waals surface area contributed by atoms with Gasteiger partial charge in [0.1, 0.15) is 12.4 Å². The number of hydrogen-bond donors (Lipinski definition) is 0. The average Bonchev–Trinajstić information content (AvgIpc) is 2.65. The van der Waals surface area contributed by atoms with Crippen molar-refractivity contribution in [3.05, 3.63) is 65.2 Å². The Morgan fingerprint density at radius 2 is 1.48 bits per heavy atom. The van der Waals surface area contributed by atoms with Crippen LogP contribution in [-0.4, -0.2) is 24.6 Å². The molecule has 0 N–H and O–H groups in total. The van der Waals surface area contributed by atoms with Gasteiger partial charge in [-0.1, -0.05) is 70.2 Å². The summed E-state index contributed by atoms with van der Waals surface area (Å²) in [6, 6.07) is 17.7. The predicted octanol–water partition coefficient (Wildman–Crippen LogP) is 5.08. The van der Waals surface area contributed by atoms with E-state index in [4.69, 9.17) is 4.74 Å². The Balaban J connectivity index is 0.000000448. The number of hydrogen-bond acceptors (Lipinski definition) is 2. The van der Waals surface area contributed by atoms with Gasteiger partial charge in [0.05, 0.1) is 6.04 Å². The van der Waals surface area contributed by atoms with E-state index in [0.29, 0.717) is 12.0 Å². The van der Waals surface area contributed by atoms with E-state index < -0.39 is 0 Å². The van der Waals surface area contributed by atoms with Gasteiger partial charge < -0.3 is 4.74 Å². The molecule has 2 heterocycles. The van der Waals surface area contributed by atoms with Gasteiger partial charge in [-0.3, -0.25) is 4.90 Å². The van der Waals surface area contributed by atoms with Crippen LogP contribution in [-0.2, 0) is 6.54 Å². The van der Waals surface area contributed by atoms with Crippen LogP contribution in [0.2, 0.25) is 0 Å². The first kappa shape index (κ1) is 17.6. The highest BCUT2D eigenvalue weighted by molar-refractivity contribution is 5.48. The van der Waals surface area contributed by atoms with Crippen molar-refractivity contribution in [3.8, 4) is 5.75 Å². The molecule has 0 saturated heterocycles. The van der Waals surface area contributed by atoms with Gasteiger partial charge in [-0.05, 0) is 24.2 Å². The molecule has 2 aromatic carbocycles. The zero-order valence-corrected chi connectivity index (χ0v) is 15.0. The molecular formula is C21H29NO. The highest BCUT2D eigenvalue weighted by atomic mass is 16.5. The Labute approximate surface area is 141 Å². The number of likely N-dealkylation sites (N-methyl/N-ethyl adjacent to an activating group) is 1. The van der Waals surface area contributed by atoms with Gasteiger partial charge in [-0.15, -0.1) is 0 Å². The predicted molar refractivity (Wildman–Crippen MR) is 98.2 cm³/mol. The summed E-state index contributed by atoms with van der Waals surface area (Å²) in [6.07, 6.45) is 0. The Bertz CT molecular complexity index is 623. The lowest BCUT2D eigenvalue weighted by molar-refractivity contribution is 0.112. The Morgan fingerprint density at radius 3 is 2.22 bits per heavy atom. The fourth-order valence-electron chi connectivity index (χ4n) is 3.47. The number of para-hydroxylation sites is 1. The number of rotatable bonds is 0. The minimum atomic E-state index is 0.444. The van der Waals surface area contributed by atoms with Crippen molar-refractivity contribution in [2.24, 2.45) is 0 Å². The molecular weight excluding hydrogens is 282 g/mol. The second kappa shape index (κ2) is 8.16. The van der Waals surface area contributed by atoms with Gasteiger partial charge in [0.15, 0.2) is 0 Å². The van der Waals surface area contributed by atoms with E-state index in [9.17, 15) is 0 Å². The minimum absolute atomic E-state index is 0.444. The van der Waals surface area contributed by atoms with Crippen LogP contribution < -0.4 is 4.74 Å². The van der Waals surface area contributed by atoms with Crippen molar-refractivity contribution in [2.75, 3.05) is 13.7 Å². The molecule has 2 aliphatic rings. The first-order chi connectivity index (χ1) is 11.3. The third-order valence-corrected chi connectivity index (χ3v) is 4.42. The molecule has 0 fully saturated rings. The molecule has 124 valence electrons. The van der Waals surface area contributed by atoms with E-state index in [1.54, 1.807) is 0 Å². The minimum Gasteiger partial charge on any atom is -0.492 e. The van der Waals surface area contributed by atoms with Crippen LogP contribution in [0.5, 0.6) is 5.75 Å². The summed E-state index contributed by atoms with van der Waals surface area (Å²) in [7, 11) is 2.20. The Morgan fingerprint density at radius 1 is 0.870 bits per heavy atom. The average molecular weight is 311 g/mol. The lowest BCUT2D eigenvalue weighted by Crippen LogP contribution is -2.47. The van der Waals surface area contributed by atoms with Gasteiger partial charge in [0.25, 0.3) is 0 Å². The lowest BCUT2D eigenvalue weighted by atomic mass is 9.78. The van der Waals surface area contributed by atoms with Gasteiger partial charge >= 0.3 is 0 Å². The van der Waals surface area contributed by atoms with Gasteiger partial charge in [-0.25, -0.2) is 0 Å². The van der Waals surface area contributed by atoms with Crippen LogP contribution in [0.4, 0.5) is 0 Å². The largest absolute Gasteiger partial charge is 0.492 e. The summed E-state index contributed by atoms with van der Waals surface area (Å²) in [6.45, 7) is 9.80. The molecule has 0 saturated carbocycles. The molecule has 0 spiro atoms. The van der Waals surface area contributed by atoms with Crippen molar-refractivity contribution in [2.45, 2.75) is 46.2 Å². The monoisotopic (exact) mass is 311 g/mol. The second-order valence-electron chi connectivity index (χ2n) is 5.51. The Kier molecular flexibility index (Phi) is 6.23. The summed E-state index contributed by atoms with van der Waals surface area (Å²) in [4.78, 5) is 2.42.